The number of anilines is 1. The van der Waals surface area contributed by atoms with Crippen molar-refractivity contribution in [2.75, 3.05) is 18.4 Å². The number of hydrogen-bond donors (Lipinski definition) is 2. The Labute approximate surface area is 142 Å². The van der Waals surface area contributed by atoms with Crippen LogP contribution in [0.2, 0.25) is 0 Å². The second kappa shape index (κ2) is 8.63. The second-order valence-electron chi connectivity index (χ2n) is 5.57. The van der Waals surface area contributed by atoms with Crippen LogP contribution in [-0.4, -0.2) is 19.0 Å². The van der Waals surface area contributed by atoms with Gasteiger partial charge in [-0.05, 0) is 44.0 Å². The maximum absolute atomic E-state index is 11.8. The molecule has 23 heavy (non-hydrogen) atoms. The van der Waals surface area contributed by atoms with Crippen molar-refractivity contribution in [2.45, 2.75) is 37.0 Å². The van der Waals surface area contributed by atoms with Crippen LogP contribution in [0.3, 0.4) is 0 Å². The molecule has 0 aliphatic heterocycles. The third kappa shape index (κ3) is 5.32. The van der Waals surface area contributed by atoms with Crippen molar-refractivity contribution < 1.29 is 4.79 Å². The van der Waals surface area contributed by atoms with E-state index in [4.69, 9.17) is 0 Å². The number of para-hydroxylation sites is 1. The van der Waals surface area contributed by atoms with Gasteiger partial charge in [0.05, 0.1) is 6.54 Å². The number of hydrogen-bond acceptors (Lipinski definition) is 3. The van der Waals surface area contributed by atoms with Gasteiger partial charge in [0.2, 0.25) is 5.91 Å². The average Bonchev–Trinajstić information content (AvgIpc) is 2.54. The molecule has 0 fully saturated rings. The Morgan fingerprint density at radius 1 is 1.09 bits per heavy atom. The number of nitrogens with one attached hydrogen (secondary N) is 2. The molecule has 0 radical (unpaired) electrons. The molecule has 0 unspecified atom stereocenters. The summed E-state index contributed by atoms with van der Waals surface area (Å²) < 4.78 is 0. The maximum Gasteiger partial charge on any atom is 0.239 e. The van der Waals surface area contributed by atoms with E-state index < -0.39 is 0 Å². The zero-order chi connectivity index (χ0) is 16.7. The first-order valence-electron chi connectivity index (χ1n) is 7.95. The molecule has 3 nitrogen and oxygen atoms in total. The van der Waals surface area contributed by atoms with Crippen molar-refractivity contribution >= 4 is 23.4 Å². The molecule has 0 aliphatic rings. The van der Waals surface area contributed by atoms with Crippen LogP contribution in [0.1, 0.15) is 24.5 Å². The Bertz CT molecular complexity index is 670. The summed E-state index contributed by atoms with van der Waals surface area (Å²) in [5, 5.41) is 6.12. The minimum atomic E-state index is 0.0261. The first-order valence-corrected chi connectivity index (χ1v) is 8.76. The molecule has 1 amide bonds. The highest BCUT2D eigenvalue weighted by Crippen LogP contribution is 2.35. The van der Waals surface area contributed by atoms with Crippen LogP contribution in [0.25, 0.3) is 0 Å². The summed E-state index contributed by atoms with van der Waals surface area (Å²) in [7, 11) is 0. The molecule has 0 aromatic heterocycles. The molecule has 2 N–H and O–H groups in total. The van der Waals surface area contributed by atoms with Gasteiger partial charge in [-0.2, -0.15) is 0 Å². The fourth-order valence-corrected chi connectivity index (χ4v) is 3.23. The van der Waals surface area contributed by atoms with Crippen LogP contribution < -0.4 is 10.6 Å². The molecule has 0 saturated carbocycles. The predicted octanol–water partition coefficient (Wildman–Crippen LogP) is 4.39. The first kappa shape index (κ1) is 17.4. The molecular formula is C19H24N2OS. The lowest BCUT2D eigenvalue weighted by molar-refractivity contribution is -0.119. The number of rotatable bonds is 7. The van der Waals surface area contributed by atoms with Gasteiger partial charge in [0, 0.05) is 22.0 Å². The zero-order valence-corrected chi connectivity index (χ0v) is 14.8. The summed E-state index contributed by atoms with van der Waals surface area (Å²) in [5.74, 6) is 0.0261. The standard InChI is InChI=1S/C19H24N2OS/c1-4-11-20-19(22)13-21-16-7-5-6-8-18(16)23-17-10-9-14(2)12-15(17)3/h5-10,12,21H,4,11,13H2,1-3H3,(H,20,22). The fraction of sp³-hybridized carbons (Fsp3) is 0.316. The van der Waals surface area contributed by atoms with Crippen molar-refractivity contribution in [3.8, 4) is 0 Å². The Kier molecular flexibility index (Phi) is 6.53. The molecule has 4 heteroatoms. The largest absolute Gasteiger partial charge is 0.375 e. The number of aryl methyl sites for hydroxylation is 2. The van der Waals surface area contributed by atoms with Gasteiger partial charge in [-0.1, -0.05) is 48.5 Å². The van der Waals surface area contributed by atoms with Crippen molar-refractivity contribution in [1.82, 2.24) is 5.32 Å². The third-order valence-electron chi connectivity index (χ3n) is 3.45. The zero-order valence-electron chi connectivity index (χ0n) is 14.0. The van der Waals surface area contributed by atoms with Gasteiger partial charge in [-0.15, -0.1) is 0 Å². The van der Waals surface area contributed by atoms with E-state index in [1.54, 1.807) is 11.8 Å². The van der Waals surface area contributed by atoms with Crippen molar-refractivity contribution in [3.63, 3.8) is 0 Å². The van der Waals surface area contributed by atoms with Crippen molar-refractivity contribution in [1.29, 1.82) is 0 Å². The number of amides is 1. The van der Waals surface area contributed by atoms with E-state index in [9.17, 15) is 4.79 Å². The molecule has 122 valence electrons. The molecule has 0 aliphatic carbocycles. The van der Waals surface area contributed by atoms with E-state index in [2.05, 4.69) is 48.7 Å². The van der Waals surface area contributed by atoms with E-state index in [1.807, 2.05) is 25.1 Å². The molecule has 0 saturated heterocycles. The summed E-state index contributed by atoms with van der Waals surface area (Å²) in [6.07, 6.45) is 0.949. The highest BCUT2D eigenvalue weighted by Gasteiger charge is 2.07. The van der Waals surface area contributed by atoms with Crippen LogP contribution >= 0.6 is 11.8 Å². The van der Waals surface area contributed by atoms with Gasteiger partial charge in [0.15, 0.2) is 0 Å². The van der Waals surface area contributed by atoms with Crippen LogP contribution in [0.4, 0.5) is 5.69 Å². The van der Waals surface area contributed by atoms with E-state index >= 15 is 0 Å². The molecule has 2 rings (SSSR count). The summed E-state index contributed by atoms with van der Waals surface area (Å²) >= 11 is 1.72. The highest BCUT2D eigenvalue weighted by atomic mass is 32.2. The number of carbonyl (C=O) groups is 1. The third-order valence-corrected chi connectivity index (χ3v) is 4.70. The van der Waals surface area contributed by atoms with Crippen molar-refractivity contribution in [2.24, 2.45) is 0 Å². The van der Waals surface area contributed by atoms with Crippen molar-refractivity contribution in [3.05, 3.63) is 53.6 Å². The summed E-state index contributed by atoms with van der Waals surface area (Å²) in [6, 6.07) is 14.6. The fourth-order valence-electron chi connectivity index (χ4n) is 2.24. The van der Waals surface area contributed by atoms with E-state index in [1.165, 1.54) is 16.0 Å². The summed E-state index contributed by atoms with van der Waals surface area (Å²) in [6.45, 7) is 7.29. The van der Waals surface area contributed by atoms with Gasteiger partial charge in [0.1, 0.15) is 0 Å². The van der Waals surface area contributed by atoms with Gasteiger partial charge in [-0.3, -0.25) is 4.79 Å². The average molecular weight is 328 g/mol. The molecule has 0 heterocycles. The Hall–Kier alpha value is -1.94. The summed E-state index contributed by atoms with van der Waals surface area (Å²) in [5.41, 5.74) is 3.53. The molecule has 0 bridgehead atoms. The number of carbonyl (C=O) groups excluding carboxylic acids is 1. The minimum absolute atomic E-state index is 0.0261. The maximum atomic E-state index is 11.8. The number of benzene rings is 2. The van der Waals surface area contributed by atoms with E-state index in [0.29, 0.717) is 6.54 Å². The van der Waals surface area contributed by atoms with Crippen LogP contribution in [-0.2, 0) is 4.79 Å². The van der Waals surface area contributed by atoms with E-state index in [-0.39, 0.29) is 5.91 Å². The smallest absolute Gasteiger partial charge is 0.239 e. The lowest BCUT2D eigenvalue weighted by Gasteiger charge is -2.13. The van der Waals surface area contributed by atoms with Crippen LogP contribution in [0.15, 0.2) is 52.3 Å². The molecular weight excluding hydrogens is 304 g/mol. The lowest BCUT2D eigenvalue weighted by atomic mass is 10.2. The van der Waals surface area contributed by atoms with Crippen LogP contribution in [0.5, 0.6) is 0 Å². The Morgan fingerprint density at radius 3 is 2.61 bits per heavy atom. The molecule has 0 spiro atoms. The topological polar surface area (TPSA) is 41.1 Å². The molecule has 2 aromatic carbocycles. The van der Waals surface area contributed by atoms with Gasteiger partial charge >= 0.3 is 0 Å². The second-order valence-corrected chi connectivity index (χ2v) is 6.65. The summed E-state index contributed by atoms with van der Waals surface area (Å²) in [4.78, 5) is 14.1. The van der Waals surface area contributed by atoms with Gasteiger partial charge in [-0.25, -0.2) is 0 Å². The van der Waals surface area contributed by atoms with Crippen LogP contribution in [0, 0.1) is 13.8 Å². The molecule has 0 atom stereocenters. The lowest BCUT2D eigenvalue weighted by Crippen LogP contribution is -2.30. The first-order chi connectivity index (χ1) is 11.1. The monoisotopic (exact) mass is 328 g/mol. The normalized spacial score (nSPS) is 10.4. The van der Waals surface area contributed by atoms with Gasteiger partial charge < -0.3 is 10.6 Å². The Morgan fingerprint density at radius 2 is 1.87 bits per heavy atom. The Balaban J connectivity index is 2.06. The quantitative estimate of drug-likeness (QED) is 0.792. The molecule has 2 aromatic rings. The van der Waals surface area contributed by atoms with E-state index in [0.717, 1.165) is 23.5 Å². The minimum Gasteiger partial charge on any atom is -0.375 e. The predicted molar refractivity (Wildman–Crippen MR) is 98.3 cm³/mol. The highest BCUT2D eigenvalue weighted by molar-refractivity contribution is 7.99. The SMILES string of the molecule is CCCNC(=O)CNc1ccccc1Sc1ccc(C)cc1C. The van der Waals surface area contributed by atoms with Gasteiger partial charge in [0.25, 0.3) is 0 Å².